The quantitative estimate of drug-likeness (QED) is 0.906. The fourth-order valence-corrected chi connectivity index (χ4v) is 3.33. The van der Waals surface area contributed by atoms with Crippen LogP contribution in [0, 0.1) is 11.2 Å². The minimum Gasteiger partial charge on any atom is -0.327 e. The Morgan fingerprint density at radius 2 is 2.25 bits per heavy atom. The van der Waals surface area contributed by atoms with E-state index >= 15 is 0 Å². The molecule has 0 amide bonds. The van der Waals surface area contributed by atoms with E-state index in [1.807, 2.05) is 6.07 Å². The summed E-state index contributed by atoms with van der Waals surface area (Å²) in [5.74, 6) is 0.818. The molecule has 0 spiro atoms. The van der Waals surface area contributed by atoms with Gasteiger partial charge in [0.15, 0.2) is 0 Å². The van der Waals surface area contributed by atoms with Gasteiger partial charge >= 0.3 is 0 Å². The molecule has 1 aromatic heterocycles. The highest BCUT2D eigenvalue weighted by atomic mass is 19.1. The van der Waals surface area contributed by atoms with E-state index in [2.05, 4.69) is 30.7 Å². The first kappa shape index (κ1) is 13.6. The Bertz CT molecular complexity index is 630. The average Bonchev–Trinajstić information content (AvgIpc) is 2.75. The van der Waals surface area contributed by atoms with Crippen LogP contribution in [-0.2, 0) is 6.54 Å². The van der Waals surface area contributed by atoms with E-state index in [1.165, 1.54) is 25.0 Å². The summed E-state index contributed by atoms with van der Waals surface area (Å²) in [6.07, 6.45) is 2.39. The minimum atomic E-state index is -0.222. The van der Waals surface area contributed by atoms with Crippen LogP contribution in [0.2, 0.25) is 0 Å². The number of imidazole rings is 1. The molecular weight excluding hydrogens is 253 g/mol. The van der Waals surface area contributed by atoms with Gasteiger partial charge in [-0.3, -0.25) is 0 Å². The molecule has 2 aromatic rings. The van der Waals surface area contributed by atoms with Crippen molar-refractivity contribution in [2.24, 2.45) is 5.41 Å². The molecule has 1 aliphatic heterocycles. The number of fused-ring (bicyclic) bond motifs is 1. The molecule has 1 N–H and O–H groups in total. The highest BCUT2D eigenvalue weighted by Crippen LogP contribution is 2.40. The largest absolute Gasteiger partial charge is 0.327 e. The van der Waals surface area contributed by atoms with Crippen molar-refractivity contribution in [3.05, 3.63) is 29.8 Å². The summed E-state index contributed by atoms with van der Waals surface area (Å²) in [7, 11) is 0. The van der Waals surface area contributed by atoms with Crippen LogP contribution < -0.4 is 5.32 Å². The molecule has 0 saturated carbocycles. The van der Waals surface area contributed by atoms with E-state index in [9.17, 15) is 4.39 Å². The Labute approximate surface area is 119 Å². The van der Waals surface area contributed by atoms with Crippen molar-refractivity contribution >= 4 is 11.0 Å². The molecule has 2 heterocycles. The third kappa shape index (κ3) is 2.12. The zero-order valence-corrected chi connectivity index (χ0v) is 12.4. The van der Waals surface area contributed by atoms with Crippen molar-refractivity contribution in [1.29, 1.82) is 0 Å². The maximum absolute atomic E-state index is 13.4. The van der Waals surface area contributed by atoms with Gasteiger partial charge in [-0.15, -0.1) is 0 Å². The van der Waals surface area contributed by atoms with E-state index in [4.69, 9.17) is 4.98 Å². The van der Waals surface area contributed by atoms with Gasteiger partial charge in [-0.2, -0.15) is 0 Å². The van der Waals surface area contributed by atoms with Gasteiger partial charge < -0.3 is 9.88 Å². The Balaban J connectivity index is 2.15. The smallest absolute Gasteiger partial charge is 0.127 e. The minimum absolute atomic E-state index is 0.172. The topological polar surface area (TPSA) is 29.9 Å². The molecule has 1 aliphatic rings. The zero-order valence-electron chi connectivity index (χ0n) is 12.4. The van der Waals surface area contributed by atoms with Gasteiger partial charge in [0.25, 0.3) is 0 Å². The molecule has 1 unspecified atom stereocenters. The molecule has 20 heavy (non-hydrogen) atoms. The first-order valence-corrected chi connectivity index (χ1v) is 7.42. The van der Waals surface area contributed by atoms with Crippen molar-refractivity contribution < 1.29 is 4.39 Å². The maximum Gasteiger partial charge on any atom is 0.127 e. The number of hydrogen-bond donors (Lipinski definition) is 1. The zero-order chi connectivity index (χ0) is 14.3. The van der Waals surface area contributed by atoms with Crippen LogP contribution in [0.15, 0.2) is 18.2 Å². The number of aryl methyl sites for hydroxylation is 1. The summed E-state index contributed by atoms with van der Waals surface area (Å²) in [6.45, 7) is 8.55. The van der Waals surface area contributed by atoms with Gasteiger partial charge in [0, 0.05) is 12.6 Å². The molecule has 0 radical (unpaired) electrons. The predicted molar refractivity (Wildman–Crippen MR) is 79.1 cm³/mol. The molecule has 108 valence electrons. The van der Waals surface area contributed by atoms with Crippen LogP contribution in [0.1, 0.15) is 45.5 Å². The van der Waals surface area contributed by atoms with Gasteiger partial charge in [0.05, 0.1) is 17.1 Å². The van der Waals surface area contributed by atoms with Gasteiger partial charge in [-0.25, -0.2) is 9.37 Å². The van der Waals surface area contributed by atoms with Crippen LogP contribution in [0.4, 0.5) is 4.39 Å². The SMILES string of the molecule is CCn1c(C2NCCCC2(C)C)nc2cc(F)ccc21. The third-order valence-electron chi connectivity index (χ3n) is 4.44. The Hall–Kier alpha value is -1.42. The summed E-state index contributed by atoms with van der Waals surface area (Å²) < 4.78 is 15.6. The van der Waals surface area contributed by atoms with E-state index in [1.54, 1.807) is 0 Å². The van der Waals surface area contributed by atoms with Gasteiger partial charge in [0.1, 0.15) is 11.6 Å². The lowest BCUT2D eigenvalue weighted by atomic mass is 9.77. The number of nitrogens with zero attached hydrogens (tertiary/aromatic N) is 2. The molecule has 1 saturated heterocycles. The molecule has 1 aromatic carbocycles. The van der Waals surface area contributed by atoms with Crippen LogP contribution in [0.5, 0.6) is 0 Å². The third-order valence-corrected chi connectivity index (χ3v) is 4.44. The van der Waals surface area contributed by atoms with Crippen molar-refractivity contribution in [2.45, 2.75) is 46.2 Å². The molecule has 0 aliphatic carbocycles. The predicted octanol–water partition coefficient (Wildman–Crippen LogP) is 3.65. The van der Waals surface area contributed by atoms with Crippen LogP contribution in [-0.4, -0.2) is 16.1 Å². The summed E-state index contributed by atoms with van der Waals surface area (Å²) in [4.78, 5) is 4.72. The number of halogens is 1. The number of piperidine rings is 1. The first-order chi connectivity index (χ1) is 9.53. The van der Waals surface area contributed by atoms with E-state index in [0.717, 1.165) is 29.9 Å². The monoisotopic (exact) mass is 275 g/mol. The van der Waals surface area contributed by atoms with Gasteiger partial charge in [-0.05, 0) is 43.9 Å². The number of rotatable bonds is 2. The lowest BCUT2D eigenvalue weighted by molar-refractivity contribution is 0.171. The molecule has 4 heteroatoms. The summed E-state index contributed by atoms with van der Waals surface area (Å²) >= 11 is 0. The highest BCUT2D eigenvalue weighted by molar-refractivity contribution is 5.76. The van der Waals surface area contributed by atoms with Gasteiger partial charge in [0.2, 0.25) is 0 Å². The summed E-state index contributed by atoms with van der Waals surface area (Å²) in [6, 6.07) is 5.10. The summed E-state index contributed by atoms with van der Waals surface area (Å²) in [5, 5.41) is 3.60. The second-order valence-electron chi connectivity index (χ2n) is 6.33. The Kier molecular flexibility index (Phi) is 3.28. The van der Waals surface area contributed by atoms with Crippen molar-refractivity contribution in [1.82, 2.24) is 14.9 Å². The number of hydrogen-bond acceptors (Lipinski definition) is 2. The van der Waals surface area contributed by atoms with Gasteiger partial charge in [-0.1, -0.05) is 13.8 Å². The second kappa shape index (κ2) is 4.85. The molecule has 1 atom stereocenters. The number of aromatic nitrogens is 2. The molecule has 1 fully saturated rings. The van der Waals surface area contributed by atoms with Crippen LogP contribution in [0.3, 0.4) is 0 Å². The second-order valence-corrected chi connectivity index (χ2v) is 6.33. The number of benzene rings is 1. The van der Waals surface area contributed by atoms with E-state index in [-0.39, 0.29) is 17.3 Å². The van der Waals surface area contributed by atoms with Crippen LogP contribution in [0.25, 0.3) is 11.0 Å². The highest BCUT2D eigenvalue weighted by Gasteiger charge is 2.36. The normalized spacial score (nSPS) is 22.3. The van der Waals surface area contributed by atoms with Crippen molar-refractivity contribution in [3.8, 4) is 0 Å². The molecule has 3 nitrogen and oxygen atoms in total. The summed E-state index contributed by atoms with van der Waals surface area (Å²) in [5.41, 5.74) is 1.95. The van der Waals surface area contributed by atoms with Crippen molar-refractivity contribution in [3.63, 3.8) is 0 Å². The fourth-order valence-electron chi connectivity index (χ4n) is 3.33. The average molecular weight is 275 g/mol. The molecule has 0 bridgehead atoms. The maximum atomic E-state index is 13.4. The number of nitrogens with one attached hydrogen (secondary N) is 1. The van der Waals surface area contributed by atoms with Crippen LogP contribution >= 0.6 is 0 Å². The first-order valence-electron chi connectivity index (χ1n) is 7.42. The Morgan fingerprint density at radius 3 is 2.95 bits per heavy atom. The van der Waals surface area contributed by atoms with Crippen molar-refractivity contribution in [2.75, 3.05) is 6.54 Å². The lowest BCUT2D eigenvalue weighted by Gasteiger charge is -2.39. The fraction of sp³-hybridized carbons (Fsp3) is 0.562. The standard InChI is InChI=1S/C16H22FN3/c1-4-20-13-7-6-11(17)10-12(13)19-15(20)14-16(2,3)8-5-9-18-14/h6-7,10,14,18H,4-5,8-9H2,1-3H3. The lowest BCUT2D eigenvalue weighted by Crippen LogP contribution is -2.41. The van der Waals surface area contributed by atoms with E-state index in [0.29, 0.717) is 0 Å². The van der Waals surface area contributed by atoms with E-state index < -0.39 is 0 Å². The molecule has 3 rings (SSSR count). The Morgan fingerprint density at radius 1 is 1.45 bits per heavy atom. The molecular formula is C16H22FN3.